The van der Waals surface area contributed by atoms with E-state index in [1.54, 1.807) is 31.2 Å². The Morgan fingerprint density at radius 2 is 1.83 bits per heavy atom. The van der Waals surface area contributed by atoms with Crippen LogP contribution < -0.4 is 4.74 Å². The van der Waals surface area contributed by atoms with Crippen molar-refractivity contribution in [3.8, 4) is 5.75 Å². The van der Waals surface area contributed by atoms with Gasteiger partial charge in [-0.25, -0.2) is 4.79 Å². The first kappa shape index (κ1) is 12.6. The maximum absolute atomic E-state index is 11.3. The maximum Gasteiger partial charge on any atom is 0.348 e. The average Bonchev–Trinajstić information content (AvgIpc) is 3.13. The summed E-state index contributed by atoms with van der Waals surface area (Å²) in [6.07, 6.45) is 1.77. The molecule has 96 valence electrons. The molecule has 1 aromatic carbocycles. The lowest BCUT2D eigenvalue weighted by molar-refractivity contribution is -0.155. The molecule has 1 unspecified atom stereocenters. The van der Waals surface area contributed by atoms with Gasteiger partial charge in [0.25, 0.3) is 0 Å². The van der Waals surface area contributed by atoms with Crippen molar-refractivity contribution in [2.24, 2.45) is 5.92 Å². The van der Waals surface area contributed by atoms with Crippen LogP contribution in [0, 0.1) is 5.92 Å². The van der Waals surface area contributed by atoms with Crippen LogP contribution in [0.15, 0.2) is 24.3 Å². The summed E-state index contributed by atoms with van der Waals surface area (Å²) >= 11 is 0. The molecule has 0 radical (unpaired) electrons. The fraction of sp³-hybridized carbons (Fsp3) is 0.429. The third-order valence-electron chi connectivity index (χ3n) is 3.37. The van der Waals surface area contributed by atoms with Crippen molar-refractivity contribution in [3.63, 3.8) is 0 Å². The summed E-state index contributed by atoms with van der Waals surface area (Å²) in [7, 11) is 0. The van der Waals surface area contributed by atoms with Crippen molar-refractivity contribution >= 4 is 11.8 Å². The summed E-state index contributed by atoms with van der Waals surface area (Å²) in [5, 5.41) is 9.27. The van der Waals surface area contributed by atoms with E-state index in [-0.39, 0.29) is 11.7 Å². The van der Waals surface area contributed by atoms with Crippen molar-refractivity contribution in [2.45, 2.75) is 32.3 Å². The molecule has 1 aliphatic carbocycles. The zero-order valence-electron chi connectivity index (χ0n) is 10.5. The summed E-state index contributed by atoms with van der Waals surface area (Å²) < 4.78 is 5.61. The molecule has 2 rings (SSSR count). The lowest BCUT2D eigenvalue weighted by Gasteiger charge is -2.26. The molecule has 4 heteroatoms. The second-order valence-corrected chi connectivity index (χ2v) is 4.87. The first-order valence-corrected chi connectivity index (χ1v) is 5.97. The number of ether oxygens (including phenoxy) is 1. The second-order valence-electron chi connectivity index (χ2n) is 4.87. The number of hydrogen-bond donors (Lipinski definition) is 1. The molecule has 0 saturated heterocycles. The van der Waals surface area contributed by atoms with Gasteiger partial charge in [-0.3, -0.25) is 4.79 Å². The predicted molar refractivity (Wildman–Crippen MR) is 65.8 cm³/mol. The van der Waals surface area contributed by atoms with Crippen LogP contribution in [-0.2, 0) is 4.79 Å². The minimum absolute atomic E-state index is 0.0234. The Balaban J connectivity index is 2.17. The molecule has 0 aromatic heterocycles. The van der Waals surface area contributed by atoms with Crippen LogP contribution in [0.5, 0.6) is 5.75 Å². The Hall–Kier alpha value is -1.84. The monoisotopic (exact) mass is 248 g/mol. The highest BCUT2D eigenvalue weighted by Crippen LogP contribution is 2.42. The van der Waals surface area contributed by atoms with E-state index < -0.39 is 11.6 Å². The molecule has 1 aromatic rings. The molecule has 18 heavy (non-hydrogen) atoms. The molecular weight excluding hydrogens is 232 g/mol. The molecule has 4 nitrogen and oxygen atoms in total. The quantitative estimate of drug-likeness (QED) is 0.813. The van der Waals surface area contributed by atoms with E-state index in [0.717, 1.165) is 12.8 Å². The SMILES string of the molecule is CC(=O)c1ccc(OC(C)(C(=O)O)C2CC2)cc1. The van der Waals surface area contributed by atoms with E-state index in [9.17, 15) is 14.7 Å². The second kappa shape index (κ2) is 4.44. The first-order chi connectivity index (χ1) is 8.43. The van der Waals surface area contributed by atoms with Crippen molar-refractivity contribution < 1.29 is 19.4 Å². The van der Waals surface area contributed by atoms with Crippen molar-refractivity contribution in [3.05, 3.63) is 29.8 Å². The average molecular weight is 248 g/mol. The minimum Gasteiger partial charge on any atom is -0.478 e. The lowest BCUT2D eigenvalue weighted by atomic mass is 10.0. The van der Waals surface area contributed by atoms with Gasteiger partial charge < -0.3 is 9.84 Å². The Bertz CT molecular complexity index is 473. The first-order valence-electron chi connectivity index (χ1n) is 5.97. The van der Waals surface area contributed by atoms with Gasteiger partial charge in [0, 0.05) is 11.5 Å². The van der Waals surface area contributed by atoms with Crippen molar-refractivity contribution in [1.82, 2.24) is 0 Å². The van der Waals surface area contributed by atoms with Crippen LogP contribution >= 0.6 is 0 Å². The van der Waals surface area contributed by atoms with E-state index in [1.165, 1.54) is 6.92 Å². The summed E-state index contributed by atoms with van der Waals surface area (Å²) in [4.78, 5) is 22.4. The zero-order valence-corrected chi connectivity index (χ0v) is 10.5. The molecular formula is C14H16O4. The molecule has 0 bridgehead atoms. The largest absolute Gasteiger partial charge is 0.478 e. The van der Waals surface area contributed by atoms with Crippen LogP contribution in [0.2, 0.25) is 0 Å². The fourth-order valence-electron chi connectivity index (χ4n) is 1.94. The fourth-order valence-corrected chi connectivity index (χ4v) is 1.94. The highest BCUT2D eigenvalue weighted by atomic mass is 16.5. The van der Waals surface area contributed by atoms with Crippen molar-refractivity contribution in [1.29, 1.82) is 0 Å². The Kier molecular flexibility index (Phi) is 3.11. The Labute approximate surface area is 106 Å². The van der Waals surface area contributed by atoms with Gasteiger partial charge in [-0.1, -0.05) is 0 Å². The van der Waals surface area contributed by atoms with Gasteiger partial charge in [0.05, 0.1) is 0 Å². The number of hydrogen-bond acceptors (Lipinski definition) is 3. The Morgan fingerprint density at radius 1 is 1.28 bits per heavy atom. The molecule has 1 saturated carbocycles. The highest BCUT2D eigenvalue weighted by molar-refractivity contribution is 5.94. The molecule has 1 N–H and O–H groups in total. The van der Waals surface area contributed by atoms with Gasteiger partial charge in [-0.2, -0.15) is 0 Å². The van der Waals surface area contributed by atoms with Crippen LogP contribution in [0.1, 0.15) is 37.0 Å². The van der Waals surface area contributed by atoms with Gasteiger partial charge >= 0.3 is 5.97 Å². The third kappa shape index (κ3) is 2.37. The van der Waals surface area contributed by atoms with Crippen molar-refractivity contribution in [2.75, 3.05) is 0 Å². The molecule has 0 aliphatic heterocycles. The van der Waals surface area contributed by atoms with Gasteiger partial charge in [0.1, 0.15) is 5.75 Å². The number of aliphatic carboxylic acids is 1. The van der Waals surface area contributed by atoms with Crippen LogP contribution in [0.4, 0.5) is 0 Å². The van der Waals surface area contributed by atoms with E-state index in [2.05, 4.69) is 0 Å². The number of carboxylic acid groups (broad SMARTS) is 1. The minimum atomic E-state index is -1.17. The van der Waals surface area contributed by atoms with E-state index in [4.69, 9.17) is 4.74 Å². The van der Waals surface area contributed by atoms with Gasteiger partial charge in [0.15, 0.2) is 5.78 Å². The molecule has 1 aliphatic rings. The number of carbonyl (C=O) groups excluding carboxylic acids is 1. The van der Waals surface area contributed by atoms with Crippen LogP contribution in [0.25, 0.3) is 0 Å². The van der Waals surface area contributed by atoms with E-state index in [0.29, 0.717) is 11.3 Å². The van der Waals surface area contributed by atoms with Gasteiger partial charge in [-0.05, 0) is 51.0 Å². The summed E-state index contributed by atoms with van der Waals surface area (Å²) in [5.41, 5.74) is -0.580. The van der Waals surface area contributed by atoms with Gasteiger partial charge in [0.2, 0.25) is 5.60 Å². The summed E-state index contributed by atoms with van der Waals surface area (Å²) in [6, 6.07) is 6.57. The smallest absolute Gasteiger partial charge is 0.348 e. The number of ketones is 1. The topological polar surface area (TPSA) is 63.6 Å². The lowest BCUT2D eigenvalue weighted by Crippen LogP contribution is -2.43. The molecule has 0 heterocycles. The number of benzene rings is 1. The van der Waals surface area contributed by atoms with Crippen LogP contribution in [0.3, 0.4) is 0 Å². The molecule has 1 fully saturated rings. The Morgan fingerprint density at radius 3 is 2.22 bits per heavy atom. The number of Topliss-reactive ketones (excluding diaryl/α,β-unsaturated/α-hetero) is 1. The molecule has 1 atom stereocenters. The van der Waals surface area contributed by atoms with E-state index in [1.807, 2.05) is 0 Å². The third-order valence-corrected chi connectivity index (χ3v) is 3.37. The maximum atomic E-state index is 11.3. The standard InChI is InChI=1S/C14H16O4/c1-9(15)10-3-7-12(8-4-10)18-14(2,13(16)17)11-5-6-11/h3-4,7-8,11H,5-6H2,1-2H3,(H,16,17). The predicted octanol–water partition coefficient (Wildman–Crippen LogP) is 2.52. The van der Waals surface area contributed by atoms with Crippen LogP contribution in [-0.4, -0.2) is 22.5 Å². The number of carboxylic acids is 1. The molecule has 0 spiro atoms. The normalized spacial score (nSPS) is 17.9. The number of carbonyl (C=O) groups is 2. The number of rotatable bonds is 5. The zero-order chi connectivity index (χ0) is 13.3. The van der Waals surface area contributed by atoms with E-state index >= 15 is 0 Å². The summed E-state index contributed by atoms with van der Waals surface area (Å²) in [5.74, 6) is -0.412. The highest BCUT2D eigenvalue weighted by Gasteiger charge is 2.49. The summed E-state index contributed by atoms with van der Waals surface area (Å²) in [6.45, 7) is 3.09. The molecule has 0 amide bonds. The van der Waals surface area contributed by atoms with Gasteiger partial charge in [-0.15, -0.1) is 0 Å².